The number of hydrogen-bond donors (Lipinski definition) is 1. The van der Waals surface area contributed by atoms with Crippen molar-refractivity contribution in [1.29, 1.82) is 0 Å². The van der Waals surface area contributed by atoms with Crippen molar-refractivity contribution in [3.63, 3.8) is 0 Å². The first-order valence-corrected chi connectivity index (χ1v) is 6.29. The van der Waals surface area contributed by atoms with Gasteiger partial charge in [0.1, 0.15) is 0 Å². The van der Waals surface area contributed by atoms with Crippen molar-refractivity contribution >= 4 is 5.91 Å². The van der Waals surface area contributed by atoms with Crippen LogP contribution in [-0.4, -0.2) is 10.9 Å². The lowest BCUT2D eigenvalue weighted by atomic mass is 9.94. The van der Waals surface area contributed by atoms with E-state index in [1.807, 2.05) is 57.2 Å². The molecule has 1 N–H and O–H groups in total. The van der Waals surface area contributed by atoms with Crippen molar-refractivity contribution in [3.8, 4) is 0 Å². The Bertz CT molecular complexity index is 576. The quantitative estimate of drug-likeness (QED) is 0.914. The standard InChI is InChI=1S/C16H18N2O/c1-12-6-4-5-7-14(12)15(19)18-16(2,3)13-8-10-17-11-9-13/h4-11H,1-3H3,(H,18,19). The van der Waals surface area contributed by atoms with Crippen LogP contribution in [0.2, 0.25) is 0 Å². The molecule has 1 aromatic carbocycles. The Hall–Kier alpha value is -2.16. The van der Waals surface area contributed by atoms with Crippen LogP contribution in [0.5, 0.6) is 0 Å². The molecule has 0 aliphatic carbocycles. The van der Waals surface area contributed by atoms with Crippen LogP contribution >= 0.6 is 0 Å². The van der Waals surface area contributed by atoms with Crippen LogP contribution in [-0.2, 0) is 5.54 Å². The van der Waals surface area contributed by atoms with Gasteiger partial charge in [0, 0.05) is 18.0 Å². The molecule has 3 heteroatoms. The van der Waals surface area contributed by atoms with Crippen LogP contribution in [0.4, 0.5) is 0 Å². The Labute approximate surface area is 113 Å². The molecular weight excluding hydrogens is 236 g/mol. The molecule has 0 saturated carbocycles. The molecule has 0 radical (unpaired) electrons. The number of hydrogen-bond acceptors (Lipinski definition) is 2. The zero-order valence-electron chi connectivity index (χ0n) is 11.5. The van der Waals surface area contributed by atoms with Gasteiger partial charge in [-0.25, -0.2) is 0 Å². The number of aryl methyl sites for hydroxylation is 1. The number of rotatable bonds is 3. The van der Waals surface area contributed by atoms with Crippen LogP contribution in [0.15, 0.2) is 48.8 Å². The minimum absolute atomic E-state index is 0.0556. The predicted octanol–water partition coefficient (Wildman–Crippen LogP) is 3.06. The summed E-state index contributed by atoms with van der Waals surface area (Å²) in [6.07, 6.45) is 3.47. The van der Waals surface area contributed by atoms with Gasteiger partial charge in [0.25, 0.3) is 5.91 Å². The Morgan fingerprint density at radius 1 is 1.11 bits per heavy atom. The van der Waals surface area contributed by atoms with Crippen molar-refractivity contribution in [2.45, 2.75) is 26.3 Å². The summed E-state index contributed by atoms with van der Waals surface area (Å²) in [6, 6.07) is 11.4. The number of amides is 1. The number of carbonyl (C=O) groups excluding carboxylic acids is 1. The van der Waals surface area contributed by atoms with Crippen molar-refractivity contribution in [2.24, 2.45) is 0 Å². The van der Waals surface area contributed by atoms with Crippen LogP contribution in [0.1, 0.15) is 35.3 Å². The van der Waals surface area contributed by atoms with Crippen LogP contribution in [0.3, 0.4) is 0 Å². The highest BCUT2D eigenvalue weighted by Gasteiger charge is 2.23. The van der Waals surface area contributed by atoms with Gasteiger partial charge in [0.2, 0.25) is 0 Å². The van der Waals surface area contributed by atoms with Crippen molar-refractivity contribution in [2.75, 3.05) is 0 Å². The molecule has 1 heterocycles. The molecule has 1 amide bonds. The maximum absolute atomic E-state index is 12.3. The number of pyridine rings is 1. The summed E-state index contributed by atoms with van der Waals surface area (Å²) >= 11 is 0. The number of benzene rings is 1. The second kappa shape index (κ2) is 5.22. The fourth-order valence-corrected chi connectivity index (χ4v) is 2.02. The van der Waals surface area contributed by atoms with Gasteiger partial charge in [-0.3, -0.25) is 9.78 Å². The van der Waals surface area contributed by atoms with E-state index >= 15 is 0 Å². The third kappa shape index (κ3) is 2.99. The minimum Gasteiger partial charge on any atom is -0.343 e. The fraction of sp³-hybridized carbons (Fsp3) is 0.250. The summed E-state index contributed by atoms with van der Waals surface area (Å²) < 4.78 is 0. The third-order valence-corrected chi connectivity index (χ3v) is 3.22. The molecule has 0 bridgehead atoms. The maximum atomic E-state index is 12.3. The molecule has 0 unspecified atom stereocenters. The molecule has 0 atom stereocenters. The smallest absolute Gasteiger partial charge is 0.252 e. The summed E-state index contributed by atoms with van der Waals surface area (Å²) in [5.74, 6) is -0.0556. The molecule has 98 valence electrons. The predicted molar refractivity (Wildman–Crippen MR) is 75.9 cm³/mol. The van der Waals surface area contributed by atoms with E-state index < -0.39 is 5.54 Å². The van der Waals surface area contributed by atoms with Crippen molar-refractivity contribution in [1.82, 2.24) is 10.3 Å². The molecule has 2 aromatic rings. The molecule has 0 spiro atoms. The Kier molecular flexibility index (Phi) is 3.65. The molecule has 19 heavy (non-hydrogen) atoms. The summed E-state index contributed by atoms with van der Waals surface area (Å²) in [5, 5.41) is 3.06. The Morgan fingerprint density at radius 2 is 1.74 bits per heavy atom. The van der Waals surface area contributed by atoms with Crippen molar-refractivity contribution < 1.29 is 4.79 Å². The normalized spacial score (nSPS) is 11.1. The number of carbonyl (C=O) groups is 1. The van der Waals surface area contributed by atoms with E-state index in [4.69, 9.17) is 0 Å². The van der Waals surface area contributed by atoms with Gasteiger partial charge >= 0.3 is 0 Å². The zero-order chi connectivity index (χ0) is 13.9. The number of nitrogens with zero attached hydrogens (tertiary/aromatic N) is 1. The highest BCUT2D eigenvalue weighted by molar-refractivity contribution is 5.96. The van der Waals surface area contributed by atoms with Gasteiger partial charge in [0.15, 0.2) is 0 Å². The third-order valence-electron chi connectivity index (χ3n) is 3.22. The Morgan fingerprint density at radius 3 is 2.37 bits per heavy atom. The van der Waals surface area contributed by atoms with E-state index in [0.717, 1.165) is 11.1 Å². The van der Waals surface area contributed by atoms with Crippen LogP contribution in [0.25, 0.3) is 0 Å². The molecule has 1 aromatic heterocycles. The number of nitrogens with one attached hydrogen (secondary N) is 1. The summed E-state index contributed by atoms with van der Waals surface area (Å²) in [7, 11) is 0. The monoisotopic (exact) mass is 254 g/mol. The van der Waals surface area contributed by atoms with Gasteiger partial charge < -0.3 is 5.32 Å². The largest absolute Gasteiger partial charge is 0.343 e. The highest BCUT2D eigenvalue weighted by atomic mass is 16.1. The van der Waals surface area contributed by atoms with Gasteiger partial charge in [0.05, 0.1) is 5.54 Å². The van der Waals surface area contributed by atoms with Gasteiger partial charge in [-0.2, -0.15) is 0 Å². The van der Waals surface area contributed by atoms with E-state index in [1.54, 1.807) is 12.4 Å². The fourth-order valence-electron chi connectivity index (χ4n) is 2.02. The molecule has 0 aliphatic heterocycles. The van der Waals surface area contributed by atoms with Crippen molar-refractivity contribution in [3.05, 3.63) is 65.5 Å². The van der Waals surface area contributed by atoms with Gasteiger partial charge in [-0.1, -0.05) is 18.2 Å². The lowest BCUT2D eigenvalue weighted by molar-refractivity contribution is 0.0911. The van der Waals surface area contributed by atoms with E-state index in [0.29, 0.717) is 5.56 Å². The molecule has 2 rings (SSSR count). The average molecular weight is 254 g/mol. The minimum atomic E-state index is -0.428. The first-order chi connectivity index (χ1) is 9.00. The SMILES string of the molecule is Cc1ccccc1C(=O)NC(C)(C)c1ccncc1. The highest BCUT2D eigenvalue weighted by Crippen LogP contribution is 2.20. The molecule has 0 fully saturated rings. The topological polar surface area (TPSA) is 42.0 Å². The second-order valence-corrected chi connectivity index (χ2v) is 5.13. The molecule has 0 saturated heterocycles. The summed E-state index contributed by atoms with van der Waals surface area (Å²) in [4.78, 5) is 16.3. The van der Waals surface area contributed by atoms with E-state index in [2.05, 4.69) is 10.3 Å². The van der Waals surface area contributed by atoms with Gasteiger partial charge in [-0.15, -0.1) is 0 Å². The molecular formula is C16H18N2O. The zero-order valence-corrected chi connectivity index (χ0v) is 11.5. The van der Waals surface area contributed by atoms with Crippen LogP contribution in [0, 0.1) is 6.92 Å². The van der Waals surface area contributed by atoms with Gasteiger partial charge in [-0.05, 0) is 50.1 Å². The Balaban J connectivity index is 2.22. The second-order valence-electron chi connectivity index (χ2n) is 5.13. The average Bonchev–Trinajstić information content (AvgIpc) is 2.39. The maximum Gasteiger partial charge on any atom is 0.252 e. The molecule has 3 nitrogen and oxygen atoms in total. The summed E-state index contributed by atoms with van der Waals surface area (Å²) in [6.45, 7) is 5.91. The van der Waals surface area contributed by atoms with E-state index in [9.17, 15) is 4.79 Å². The first-order valence-electron chi connectivity index (χ1n) is 6.29. The van der Waals surface area contributed by atoms with Crippen LogP contribution < -0.4 is 5.32 Å². The van der Waals surface area contributed by atoms with E-state index in [1.165, 1.54) is 0 Å². The summed E-state index contributed by atoms with van der Waals surface area (Å²) in [5.41, 5.74) is 2.29. The molecule has 0 aliphatic rings. The lowest BCUT2D eigenvalue weighted by Crippen LogP contribution is -2.41. The lowest BCUT2D eigenvalue weighted by Gasteiger charge is -2.27. The first kappa shape index (κ1) is 13.3. The van der Waals surface area contributed by atoms with E-state index in [-0.39, 0.29) is 5.91 Å². The number of aromatic nitrogens is 1.